The van der Waals surface area contributed by atoms with E-state index in [2.05, 4.69) is 15.2 Å². The highest BCUT2D eigenvalue weighted by Gasteiger charge is 2.16. The maximum Gasteiger partial charge on any atom is 0.0999 e. The van der Waals surface area contributed by atoms with Crippen molar-refractivity contribution in [3.63, 3.8) is 0 Å². The molecule has 0 radical (unpaired) electrons. The maximum atomic E-state index is 4.51. The minimum atomic E-state index is 1.01. The summed E-state index contributed by atoms with van der Waals surface area (Å²) < 4.78 is 0. The maximum absolute atomic E-state index is 4.51. The van der Waals surface area contributed by atoms with Gasteiger partial charge in [0.1, 0.15) is 0 Å². The Labute approximate surface area is 67.5 Å². The molecule has 11 heavy (non-hydrogen) atoms. The van der Waals surface area contributed by atoms with Gasteiger partial charge in [0.15, 0.2) is 0 Å². The molecule has 1 N–H and O–H groups in total. The summed E-state index contributed by atoms with van der Waals surface area (Å²) >= 11 is 0. The van der Waals surface area contributed by atoms with E-state index in [1.807, 2.05) is 0 Å². The third-order valence-corrected chi connectivity index (χ3v) is 2.30. The Bertz CT molecular complexity index is 165. The first-order valence-corrected chi connectivity index (χ1v) is 4.46. The second-order valence-electron chi connectivity index (χ2n) is 3.18. The summed E-state index contributed by atoms with van der Waals surface area (Å²) in [5.41, 5.74) is 0. The normalized spacial score (nSPS) is 25.5. The largest absolute Gasteiger partial charge is 0.348 e. The summed E-state index contributed by atoms with van der Waals surface area (Å²) in [6, 6.07) is 0. The number of nitrogens with one attached hydrogen (secondary N) is 1. The number of nitrogens with zero attached hydrogens (tertiary/aromatic N) is 2. The number of hydrogen-bond donors (Lipinski definition) is 1. The Hall–Kier alpha value is -0.570. The molecule has 0 saturated carbocycles. The van der Waals surface area contributed by atoms with E-state index in [1.54, 1.807) is 0 Å². The minimum Gasteiger partial charge on any atom is -0.348 e. The Morgan fingerprint density at radius 2 is 2.36 bits per heavy atom. The van der Waals surface area contributed by atoms with Gasteiger partial charge in [-0.05, 0) is 19.4 Å². The van der Waals surface area contributed by atoms with Crippen molar-refractivity contribution >= 4 is 5.84 Å². The Morgan fingerprint density at radius 3 is 3.36 bits per heavy atom. The van der Waals surface area contributed by atoms with E-state index in [0.29, 0.717) is 0 Å². The number of amidine groups is 1. The first kappa shape index (κ1) is 7.10. The molecule has 0 atom stereocenters. The van der Waals surface area contributed by atoms with Crippen LogP contribution in [0.2, 0.25) is 0 Å². The molecule has 0 bridgehead atoms. The summed E-state index contributed by atoms with van der Waals surface area (Å²) in [5.74, 6) is 1.33. The molecule has 0 aromatic carbocycles. The third kappa shape index (κ3) is 1.53. The van der Waals surface area contributed by atoms with Crippen LogP contribution in [0.15, 0.2) is 4.99 Å². The van der Waals surface area contributed by atoms with Crippen LogP contribution in [0, 0.1) is 0 Å². The fraction of sp³-hybridized carbons (Fsp3) is 0.875. The van der Waals surface area contributed by atoms with Crippen LogP contribution >= 0.6 is 0 Å². The smallest absolute Gasteiger partial charge is 0.0999 e. The average molecular weight is 153 g/mol. The lowest BCUT2D eigenvalue weighted by molar-refractivity contribution is 0.371. The van der Waals surface area contributed by atoms with Crippen LogP contribution in [0.3, 0.4) is 0 Å². The molecule has 1 saturated heterocycles. The van der Waals surface area contributed by atoms with Gasteiger partial charge in [-0.2, -0.15) is 0 Å². The van der Waals surface area contributed by atoms with Crippen LogP contribution in [0.4, 0.5) is 0 Å². The van der Waals surface area contributed by atoms with Crippen LogP contribution in [0.25, 0.3) is 0 Å². The fourth-order valence-electron chi connectivity index (χ4n) is 1.69. The van der Waals surface area contributed by atoms with E-state index in [1.165, 1.54) is 31.6 Å². The number of hydrogen-bond acceptors (Lipinski definition) is 3. The van der Waals surface area contributed by atoms with Crippen molar-refractivity contribution in [3.05, 3.63) is 0 Å². The molecule has 0 unspecified atom stereocenters. The van der Waals surface area contributed by atoms with Gasteiger partial charge in [-0.25, -0.2) is 0 Å². The summed E-state index contributed by atoms with van der Waals surface area (Å²) in [6.45, 7) is 4.41. The molecular weight excluding hydrogens is 138 g/mol. The summed E-state index contributed by atoms with van der Waals surface area (Å²) in [7, 11) is 0. The zero-order valence-electron chi connectivity index (χ0n) is 6.84. The molecule has 0 aliphatic carbocycles. The van der Waals surface area contributed by atoms with Crippen LogP contribution in [-0.2, 0) is 0 Å². The highest BCUT2D eigenvalue weighted by Crippen LogP contribution is 2.08. The van der Waals surface area contributed by atoms with Crippen LogP contribution in [-0.4, -0.2) is 37.0 Å². The van der Waals surface area contributed by atoms with Gasteiger partial charge in [-0.1, -0.05) is 0 Å². The van der Waals surface area contributed by atoms with E-state index >= 15 is 0 Å². The lowest BCUT2D eigenvalue weighted by Crippen LogP contribution is -2.39. The first-order chi connectivity index (χ1) is 5.47. The van der Waals surface area contributed by atoms with E-state index < -0.39 is 0 Å². The summed E-state index contributed by atoms with van der Waals surface area (Å²) in [6.07, 6.45) is 3.65. The molecule has 2 aliphatic heterocycles. The molecule has 62 valence electrons. The van der Waals surface area contributed by atoms with Gasteiger partial charge in [0, 0.05) is 19.5 Å². The van der Waals surface area contributed by atoms with Crippen molar-refractivity contribution < 1.29 is 0 Å². The average Bonchev–Trinajstić information content (AvgIpc) is 2.28. The molecule has 3 heteroatoms. The molecule has 2 rings (SSSR count). The van der Waals surface area contributed by atoms with E-state index in [-0.39, 0.29) is 0 Å². The topological polar surface area (TPSA) is 27.6 Å². The molecule has 0 aromatic rings. The molecule has 3 nitrogen and oxygen atoms in total. The van der Waals surface area contributed by atoms with Gasteiger partial charge in [0.25, 0.3) is 0 Å². The van der Waals surface area contributed by atoms with Gasteiger partial charge in [0.2, 0.25) is 0 Å². The van der Waals surface area contributed by atoms with Crippen molar-refractivity contribution in [1.82, 2.24) is 10.2 Å². The Morgan fingerprint density at radius 1 is 1.36 bits per heavy atom. The number of rotatable bonds is 0. The van der Waals surface area contributed by atoms with Crippen LogP contribution in [0.1, 0.15) is 19.3 Å². The first-order valence-electron chi connectivity index (χ1n) is 4.46. The van der Waals surface area contributed by atoms with Gasteiger partial charge in [-0.15, -0.1) is 0 Å². The molecular formula is C8H15N3. The van der Waals surface area contributed by atoms with E-state index in [0.717, 1.165) is 19.8 Å². The second-order valence-corrected chi connectivity index (χ2v) is 3.18. The zero-order chi connectivity index (χ0) is 7.52. The predicted molar refractivity (Wildman–Crippen MR) is 45.7 cm³/mol. The second kappa shape index (κ2) is 3.22. The van der Waals surface area contributed by atoms with Gasteiger partial charge < -0.3 is 4.90 Å². The van der Waals surface area contributed by atoms with Crippen molar-refractivity contribution in [2.24, 2.45) is 4.99 Å². The highest BCUT2D eigenvalue weighted by molar-refractivity contribution is 5.82. The molecule has 2 aliphatic rings. The highest BCUT2D eigenvalue weighted by atomic mass is 15.3. The quantitative estimate of drug-likeness (QED) is 0.546. The number of aliphatic imine (C=N–C) groups is 1. The van der Waals surface area contributed by atoms with Gasteiger partial charge in [-0.3, -0.25) is 10.3 Å². The Kier molecular flexibility index (Phi) is 2.08. The van der Waals surface area contributed by atoms with Crippen LogP contribution < -0.4 is 5.32 Å². The molecule has 1 fully saturated rings. The summed E-state index contributed by atoms with van der Waals surface area (Å²) in [4.78, 5) is 6.89. The predicted octanol–water partition coefficient (Wildman–Crippen LogP) is 0.431. The van der Waals surface area contributed by atoms with Crippen molar-refractivity contribution in [2.45, 2.75) is 19.3 Å². The van der Waals surface area contributed by atoms with Crippen molar-refractivity contribution in [2.75, 3.05) is 26.3 Å². The lowest BCUT2D eigenvalue weighted by Gasteiger charge is -2.27. The lowest BCUT2D eigenvalue weighted by atomic mass is 10.2. The Balaban J connectivity index is 2.07. The third-order valence-electron chi connectivity index (χ3n) is 2.30. The van der Waals surface area contributed by atoms with E-state index in [4.69, 9.17) is 0 Å². The minimum absolute atomic E-state index is 1.01. The number of fused-ring (bicyclic) bond motifs is 1. The fourth-order valence-corrected chi connectivity index (χ4v) is 1.69. The molecule has 0 spiro atoms. The van der Waals surface area contributed by atoms with Crippen LogP contribution in [0.5, 0.6) is 0 Å². The van der Waals surface area contributed by atoms with E-state index in [9.17, 15) is 0 Å². The summed E-state index contributed by atoms with van der Waals surface area (Å²) in [5, 5.41) is 3.39. The molecule has 2 heterocycles. The standard InChI is InChI=1S/C8H15N3/c1-3-8-10-5-2-6-11(8)7-9-4-1/h9H,1-7H2. The van der Waals surface area contributed by atoms with Gasteiger partial charge >= 0.3 is 0 Å². The monoisotopic (exact) mass is 153 g/mol. The van der Waals surface area contributed by atoms with Crippen molar-refractivity contribution in [3.8, 4) is 0 Å². The molecule has 0 aromatic heterocycles. The SMILES string of the molecule is C1CNCN2CCCN=C2C1. The van der Waals surface area contributed by atoms with Crippen molar-refractivity contribution in [1.29, 1.82) is 0 Å². The zero-order valence-corrected chi connectivity index (χ0v) is 6.84. The molecule has 0 amide bonds. The van der Waals surface area contributed by atoms with Gasteiger partial charge in [0.05, 0.1) is 12.5 Å².